The van der Waals surface area contributed by atoms with Crippen molar-refractivity contribution < 1.29 is 9.57 Å². The summed E-state index contributed by atoms with van der Waals surface area (Å²) in [7, 11) is 0. The first-order valence-corrected chi connectivity index (χ1v) is 5.56. The van der Waals surface area contributed by atoms with Crippen LogP contribution in [0.4, 0.5) is 0 Å². The molecule has 3 heteroatoms. The van der Waals surface area contributed by atoms with Crippen LogP contribution in [0.3, 0.4) is 0 Å². The van der Waals surface area contributed by atoms with Gasteiger partial charge in [-0.2, -0.15) is 0 Å². The van der Waals surface area contributed by atoms with E-state index in [0.717, 1.165) is 5.02 Å². The Morgan fingerprint density at radius 3 is 2.43 bits per heavy atom. The molecule has 2 rings (SSSR count). The van der Waals surface area contributed by atoms with E-state index in [0.29, 0.717) is 6.10 Å². The maximum atomic E-state index is 5.79. The van der Waals surface area contributed by atoms with E-state index in [1.807, 2.05) is 24.5 Å². The Kier molecular flexibility index (Phi) is 3.25. The minimum Gasteiger partial charge on any atom is -0.268 e. The Bertz CT molecular complexity index is 280. The van der Waals surface area contributed by atoms with Gasteiger partial charge in [0.05, 0.1) is 5.02 Å². The molecule has 0 aliphatic heterocycles. The summed E-state index contributed by atoms with van der Waals surface area (Å²) in [6.07, 6.45) is 10.4. The molecule has 2 nitrogen and oxygen atoms in total. The predicted molar refractivity (Wildman–Crippen MR) is 55.1 cm³/mol. The summed E-state index contributed by atoms with van der Waals surface area (Å²) in [4.78, 5) is 5.77. The van der Waals surface area contributed by atoms with Crippen molar-refractivity contribution in [3.05, 3.63) is 29.5 Å². The van der Waals surface area contributed by atoms with Crippen molar-refractivity contribution in [2.45, 2.75) is 38.2 Å². The van der Waals surface area contributed by atoms with E-state index in [1.54, 1.807) is 4.73 Å². The van der Waals surface area contributed by atoms with Crippen LogP contribution in [0, 0.1) is 0 Å². The maximum Gasteiger partial charge on any atom is 0.223 e. The van der Waals surface area contributed by atoms with E-state index in [4.69, 9.17) is 16.4 Å². The predicted octanol–water partition coefficient (Wildman–Crippen LogP) is 2.39. The molecule has 0 aromatic carbocycles. The summed E-state index contributed by atoms with van der Waals surface area (Å²) in [5.41, 5.74) is 0. The molecule has 0 saturated heterocycles. The number of aromatic nitrogens is 1. The molecule has 0 bridgehead atoms. The molecule has 1 aliphatic carbocycles. The zero-order chi connectivity index (χ0) is 9.80. The molecule has 0 N–H and O–H groups in total. The Morgan fingerprint density at radius 1 is 1.14 bits per heavy atom. The minimum absolute atomic E-state index is 0.384. The van der Waals surface area contributed by atoms with Gasteiger partial charge in [0, 0.05) is 16.9 Å². The molecule has 0 unspecified atom stereocenters. The molecule has 1 aromatic rings. The molecule has 1 aromatic heterocycles. The summed E-state index contributed by atoms with van der Waals surface area (Å²) in [6, 6.07) is 3.68. The zero-order valence-corrected chi connectivity index (χ0v) is 8.91. The van der Waals surface area contributed by atoms with Gasteiger partial charge in [-0.05, 0) is 25.7 Å². The summed E-state index contributed by atoms with van der Waals surface area (Å²) < 4.78 is 1.75. The van der Waals surface area contributed by atoms with Gasteiger partial charge in [-0.1, -0.05) is 18.0 Å². The van der Waals surface area contributed by atoms with Crippen LogP contribution in [-0.2, 0) is 0 Å². The molecule has 76 valence electrons. The van der Waals surface area contributed by atoms with Crippen molar-refractivity contribution in [1.82, 2.24) is 0 Å². The third kappa shape index (κ3) is 2.61. The van der Waals surface area contributed by atoms with E-state index in [-0.39, 0.29) is 0 Å². The van der Waals surface area contributed by atoms with Crippen LogP contribution >= 0.6 is 11.6 Å². The average molecular weight is 213 g/mol. The van der Waals surface area contributed by atoms with Gasteiger partial charge < -0.3 is 0 Å². The fraction of sp³-hybridized carbons (Fsp3) is 0.545. The molecule has 1 heterocycles. The fourth-order valence-corrected chi connectivity index (χ4v) is 1.92. The monoisotopic (exact) mass is 212 g/mol. The molecule has 1 saturated carbocycles. The van der Waals surface area contributed by atoms with Gasteiger partial charge in [0.15, 0.2) is 6.10 Å². The highest BCUT2D eigenvalue weighted by atomic mass is 35.5. The zero-order valence-electron chi connectivity index (χ0n) is 8.16. The molecule has 0 radical (unpaired) electrons. The molecule has 1 aliphatic rings. The van der Waals surface area contributed by atoms with E-state index in [9.17, 15) is 0 Å². The molecule has 1 fully saturated rings. The van der Waals surface area contributed by atoms with Crippen LogP contribution in [-0.4, -0.2) is 6.10 Å². The van der Waals surface area contributed by atoms with E-state index < -0.39 is 0 Å². The smallest absolute Gasteiger partial charge is 0.223 e. The van der Waals surface area contributed by atoms with E-state index >= 15 is 0 Å². The number of pyridine rings is 1. The largest absolute Gasteiger partial charge is 0.268 e. The van der Waals surface area contributed by atoms with Crippen LogP contribution in [0.1, 0.15) is 32.1 Å². The van der Waals surface area contributed by atoms with Crippen molar-refractivity contribution in [2.75, 3.05) is 0 Å². The van der Waals surface area contributed by atoms with Gasteiger partial charge in [0.25, 0.3) is 0 Å². The topological polar surface area (TPSA) is 13.1 Å². The number of rotatable bonds is 2. The maximum absolute atomic E-state index is 5.79. The first-order chi connectivity index (χ1) is 6.84. The van der Waals surface area contributed by atoms with E-state index in [1.165, 1.54) is 32.1 Å². The molecule has 0 spiro atoms. The standard InChI is InChI=1S/C11H15ClNO/c12-10-6-8-13(9-7-10)14-11-4-2-1-3-5-11/h6-9,11H,1-5H2/q+1. The molecule has 14 heavy (non-hydrogen) atoms. The molecule has 0 amide bonds. The van der Waals surface area contributed by atoms with Crippen molar-refractivity contribution in [3.63, 3.8) is 0 Å². The number of nitrogens with zero attached hydrogens (tertiary/aromatic N) is 1. The molecule has 0 atom stereocenters. The van der Waals surface area contributed by atoms with Crippen molar-refractivity contribution in [1.29, 1.82) is 0 Å². The van der Waals surface area contributed by atoms with Crippen LogP contribution in [0.2, 0.25) is 5.02 Å². The minimum atomic E-state index is 0.384. The van der Waals surface area contributed by atoms with Gasteiger partial charge in [-0.3, -0.25) is 4.84 Å². The lowest BCUT2D eigenvalue weighted by atomic mass is 9.98. The second kappa shape index (κ2) is 4.65. The number of hydrogen-bond donors (Lipinski definition) is 0. The van der Waals surface area contributed by atoms with Crippen LogP contribution in [0.25, 0.3) is 0 Å². The van der Waals surface area contributed by atoms with Gasteiger partial charge in [0.2, 0.25) is 12.4 Å². The first-order valence-electron chi connectivity index (χ1n) is 5.18. The van der Waals surface area contributed by atoms with Gasteiger partial charge in [-0.15, -0.1) is 0 Å². The second-order valence-corrected chi connectivity index (χ2v) is 4.18. The lowest BCUT2D eigenvalue weighted by Gasteiger charge is -2.17. The fourth-order valence-electron chi connectivity index (χ4n) is 1.81. The summed E-state index contributed by atoms with van der Waals surface area (Å²) >= 11 is 5.79. The highest BCUT2D eigenvalue weighted by molar-refractivity contribution is 6.30. The quantitative estimate of drug-likeness (QED) is 0.687. The second-order valence-electron chi connectivity index (χ2n) is 3.74. The normalized spacial score (nSPS) is 18.1. The average Bonchev–Trinajstić information content (AvgIpc) is 2.23. The van der Waals surface area contributed by atoms with Crippen molar-refractivity contribution in [2.24, 2.45) is 0 Å². The number of hydrogen-bond acceptors (Lipinski definition) is 1. The highest BCUT2D eigenvalue weighted by Crippen LogP contribution is 2.17. The van der Waals surface area contributed by atoms with Crippen LogP contribution in [0.5, 0.6) is 0 Å². The summed E-state index contributed by atoms with van der Waals surface area (Å²) in [5, 5.41) is 0.744. The lowest BCUT2D eigenvalue weighted by Crippen LogP contribution is -2.47. The Morgan fingerprint density at radius 2 is 1.79 bits per heavy atom. The first kappa shape index (κ1) is 9.78. The highest BCUT2D eigenvalue weighted by Gasteiger charge is 2.18. The lowest BCUT2D eigenvalue weighted by molar-refractivity contribution is -0.899. The third-order valence-electron chi connectivity index (χ3n) is 2.58. The number of halogens is 1. The van der Waals surface area contributed by atoms with E-state index in [2.05, 4.69) is 0 Å². The van der Waals surface area contributed by atoms with Gasteiger partial charge in [0.1, 0.15) is 0 Å². The van der Waals surface area contributed by atoms with Crippen LogP contribution in [0.15, 0.2) is 24.5 Å². The summed E-state index contributed by atoms with van der Waals surface area (Å²) in [5.74, 6) is 0. The summed E-state index contributed by atoms with van der Waals surface area (Å²) in [6.45, 7) is 0. The van der Waals surface area contributed by atoms with Crippen molar-refractivity contribution in [3.8, 4) is 0 Å². The van der Waals surface area contributed by atoms with Crippen molar-refractivity contribution >= 4 is 11.6 Å². The Hall–Kier alpha value is -0.760. The third-order valence-corrected chi connectivity index (χ3v) is 2.84. The molecular weight excluding hydrogens is 198 g/mol. The molecular formula is C11H15ClNO+. The Labute approximate surface area is 89.4 Å². The van der Waals surface area contributed by atoms with Gasteiger partial charge in [-0.25, -0.2) is 0 Å². The van der Waals surface area contributed by atoms with Gasteiger partial charge >= 0.3 is 0 Å². The SMILES string of the molecule is Clc1cc[n+](OC2CCCCC2)cc1. The Balaban J connectivity index is 1.92. The van der Waals surface area contributed by atoms with Crippen LogP contribution < -0.4 is 9.57 Å².